The topological polar surface area (TPSA) is 36.8 Å². The molecule has 1 heterocycles. The molecule has 0 bridgehead atoms. The maximum absolute atomic E-state index is 6.28. The second kappa shape index (κ2) is 28.2. The second-order valence-corrected chi connectivity index (χ2v) is 17.0. The van der Waals surface area contributed by atoms with Gasteiger partial charge in [-0.25, -0.2) is 9.98 Å². The zero-order chi connectivity index (χ0) is 46.9. The number of amidine groups is 2. The number of hydrogen-bond donors (Lipinski definition) is 1. The third-order valence-corrected chi connectivity index (χ3v) is 12.2. The Morgan fingerprint density at radius 2 is 1.72 bits per heavy atom. The first-order chi connectivity index (χ1) is 31.0. The van der Waals surface area contributed by atoms with Crippen LogP contribution in [0.25, 0.3) is 0 Å². The first kappa shape index (κ1) is 52.6. The summed E-state index contributed by atoms with van der Waals surface area (Å²) in [6.45, 7) is 30.2. The Kier molecular flexibility index (Phi) is 23.1. The molecule has 0 saturated heterocycles. The van der Waals surface area contributed by atoms with Crippen molar-refractivity contribution in [1.29, 1.82) is 0 Å². The van der Waals surface area contributed by atoms with Gasteiger partial charge >= 0.3 is 0 Å². The molecule has 3 heteroatoms. The lowest BCUT2D eigenvalue weighted by Crippen LogP contribution is -2.39. The molecular weight excluding hydrogens is 775 g/mol. The monoisotopic (exact) mass is 854 g/mol. The van der Waals surface area contributed by atoms with E-state index < -0.39 is 0 Å². The van der Waals surface area contributed by atoms with E-state index in [1.807, 2.05) is 19.1 Å². The molecule has 0 amide bonds. The standard InChI is InChI=1S/C61H79N3/c1-14-23-30-50(20-7)44-58-62-59(47(11)38-37-46(10)27-15-2)64-60(63-58)54-32-25-35-57(36-26-33-54)61(41-18-5,42-19-6)49(13)39-40-51(21-8)52(22-9)43-48(12)55-34-24-31-53(28-16-3)56(45-55)29-17-4/h9,14-16,20,23-25,27-28,30-34,36-40,43,58H,1,12,17-19,21,26,29,35,41-42,44-45H2,2-8,10-11,13H3,(H,62,63,64)/b27-15-,28-16-,30-23-,32-25-,46-37-,47-38+,49-39+,50-20+,51-40+,52-43+,54-33+,57-36+. The van der Waals surface area contributed by atoms with Crippen LogP contribution in [0, 0.1) is 17.8 Å². The van der Waals surface area contributed by atoms with E-state index >= 15 is 0 Å². The molecule has 3 rings (SSSR count). The van der Waals surface area contributed by atoms with Crippen LogP contribution < -0.4 is 5.32 Å². The van der Waals surface area contributed by atoms with Crippen LogP contribution in [0.1, 0.15) is 140 Å². The van der Waals surface area contributed by atoms with Gasteiger partial charge in [-0.05, 0) is 126 Å². The lowest BCUT2D eigenvalue weighted by molar-refractivity contribution is 0.348. The molecule has 1 N–H and O–H groups in total. The summed E-state index contributed by atoms with van der Waals surface area (Å²) in [7, 11) is 0. The van der Waals surface area contributed by atoms with Crippen LogP contribution in [0.2, 0.25) is 0 Å². The summed E-state index contributed by atoms with van der Waals surface area (Å²) in [5, 5.41) is 3.69. The molecule has 0 spiro atoms. The molecule has 1 aliphatic heterocycles. The lowest BCUT2D eigenvalue weighted by Gasteiger charge is -2.38. The van der Waals surface area contributed by atoms with Gasteiger partial charge in [-0.1, -0.05) is 204 Å². The Bertz CT molecular complexity index is 2240. The largest absolute Gasteiger partial charge is 0.348 e. The predicted molar refractivity (Wildman–Crippen MR) is 285 cm³/mol. The Hall–Kier alpha value is -5.72. The van der Waals surface area contributed by atoms with Crippen molar-refractivity contribution in [3.8, 4) is 12.3 Å². The van der Waals surface area contributed by atoms with Gasteiger partial charge in [0.1, 0.15) is 12.0 Å². The summed E-state index contributed by atoms with van der Waals surface area (Å²) in [4.78, 5) is 10.2. The maximum atomic E-state index is 6.28. The highest BCUT2D eigenvalue weighted by atomic mass is 15.2. The summed E-state index contributed by atoms with van der Waals surface area (Å²) < 4.78 is 0. The van der Waals surface area contributed by atoms with E-state index in [1.54, 1.807) is 0 Å². The van der Waals surface area contributed by atoms with Crippen LogP contribution in [0.5, 0.6) is 0 Å². The number of aliphatic imine (C=N–C) groups is 2. The van der Waals surface area contributed by atoms with Crippen LogP contribution in [0.3, 0.4) is 0 Å². The summed E-state index contributed by atoms with van der Waals surface area (Å²) >= 11 is 0. The highest BCUT2D eigenvalue weighted by Crippen LogP contribution is 2.47. The number of terminal acetylenes is 1. The third kappa shape index (κ3) is 15.5. The number of nitrogens with one attached hydrogen (secondary N) is 1. The molecule has 0 fully saturated rings. The van der Waals surface area contributed by atoms with E-state index in [-0.39, 0.29) is 11.6 Å². The van der Waals surface area contributed by atoms with Gasteiger partial charge in [0.2, 0.25) is 0 Å². The smallest absolute Gasteiger partial charge is 0.154 e. The zero-order valence-electron chi connectivity index (χ0n) is 41.3. The van der Waals surface area contributed by atoms with Crippen molar-refractivity contribution in [3.63, 3.8) is 0 Å². The molecule has 0 saturated carbocycles. The van der Waals surface area contributed by atoms with Gasteiger partial charge in [0.05, 0.1) is 0 Å². The highest BCUT2D eigenvalue weighted by molar-refractivity contribution is 6.13. The van der Waals surface area contributed by atoms with E-state index in [9.17, 15) is 0 Å². The molecule has 0 aromatic carbocycles. The van der Waals surface area contributed by atoms with Gasteiger partial charge in [0.15, 0.2) is 5.84 Å². The molecule has 338 valence electrons. The van der Waals surface area contributed by atoms with Gasteiger partial charge in [-0.3, -0.25) is 0 Å². The molecule has 3 nitrogen and oxygen atoms in total. The van der Waals surface area contributed by atoms with Gasteiger partial charge < -0.3 is 5.32 Å². The maximum Gasteiger partial charge on any atom is 0.154 e. The van der Waals surface area contributed by atoms with Crippen molar-refractivity contribution in [2.45, 2.75) is 146 Å². The summed E-state index contributed by atoms with van der Waals surface area (Å²) in [6, 6.07) is 0. The first-order valence-corrected chi connectivity index (χ1v) is 23.9. The Morgan fingerprint density at radius 1 is 0.953 bits per heavy atom. The number of allylic oxidation sites excluding steroid dienone is 28. The molecular formula is C61H79N3. The molecule has 2 aliphatic carbocycles. The Labute approximate surface area is 390 Å². The minimum atomic E-state index is -0.158. The van der Waals surface area contributed by atoms with E-state index in [2.05, 4.69) is 196 Å². The molecule has 0 aromatic heterocycles. The minimum absolute atomic E-state index is 0.0593. The lowest BCUT2D eigenvalue weighted by atomic mass is 9.66. The fourth-order valence-electron chi connectivity index (χ4n) is 8.75. The number of hydrogen-bond acceptors (Lipinski definition) is 3. The predicted octanol–water partition coefficient (Wildman–Crippen LogP) is 17.0. The SMILES string of the molecule is C#CC(=C\C(=C)C1=CC=CC(/C=C\C)=C(CCC)C1)/C(=C/C=C(\C)C(CCC)(CCC)/C1=C/C/C=C(C2=NC(/C(C)=C/C=C(C)\C=C/C)=NC(CC(/C=C\C=C)=C/C)N2)\C=C/C1)CC. The van der Waals surface area contributed by atoms with Gasteiger partial charge in [0.25, 0.3) is 0 Å². The number of nitrogens with zero attached hydrogens (tertiary/aromatic N) is 2. The van der Waals surface area contributed by atoms with Crippen molar-refractivity contribution >= 4 is 11.7 Å². The first-order valence-electron chi connectivity index (χ1n) is 23.9. The van der Waals surface area contributed by atoms with E-state index in [0.29, 0.717) is 0 Å². The third-order valence-electron chi connectivity index (χ3n) is 12.2. The minimum Gasteiger partial charge on any atom is -0.348 e. The quantitative estimate of drug-likeness (QED) is 0.0657. The fraction of sp³-hybridized carbons (Fsp3) is 0.377. The van der Waals surface area contributed by atoms with Crippen LogP contribution in [-0.2, 0) is 0 Å². The fourth-order valence-corrected chi connectivity index (χ4v) is 8.75. The van der Waals surface area contributed by atoms with Crippen LogP contribution in [0.4, 0.5) is 0 Å². The molecule has 0 radical (unpaired) electrons. The second-order valence-electron chi connectivity index (χ2n) is 17.0. The Balaban J connectivity index is 2.02. The summed E-state index contributed by atoms with van der Waals surface area (Å²) in [6.07, 6.45) is 60.3. The average Bonchev–Trinajstić information content (AvgIpc) is 3.48. The molecule has 0 aromatic rings. The zero-order valence-corrected chi connectivity index (χ0v) is 41.3. The Morgan fingerprint density at radius 3 is 2.36 bits per heavy atom. The van der Waals surface area contributed by atoms with Crippen molar-refractivity contribution < 1.29 is 0 Å². The molecule has 1 unspecified atom stereocenters. The molecule has 1 atom stereocenters. The number of rotatable bonds is 22. The van der Waals surface area contributed by atoms with Gasteiger partial charge in [-0.15, -0.1) is 6.42 Å². The average molecular weight is 854 g/mol. The molecule has 64 heavy (non-hydrogen) atoms. The van der Waals surface area contributed by atoms with E-state index in [1.165, 1.54) is 39.0 Å². The van der Waals surface area contributed by atoms with E-state index in [4.69, 9.17) is 16.4 Å². The van der Waals surface area contributed by atoms with Crippen molar-refractivity contribution in [3.05, 3.63) is 202 Å². The van der Waals surface area contributed by atoms with Crippen molar-refractivity contribution in [2.24, 2.45) is 15.4 Å². The van der Waals surface area contributed by atoms with Crippen molar-refractivity contribution in [2.75, 3.05) is 0 Å². The van der Waals surface area contributed by atoms with Crippen LogP contribution in [-0.4, -0.2) is 17.8 Å². The highest BCUT2D eigenvalue weighted by Gasteiger charge is 2.34. The van der Waals surface area contributed by atoms with Crippen LogP contribution >= 0.6 is 0 Å². The summed E-state index contributed by atoms with van der Waals surface area (Å²) in [5.41, 5.74) is 14.3. The molecule has 3 aliphatic rings. The van der Waals surface area contributed by atoms with Gasteiger partial charge in [-0.2, -0.15) is 0 Å². The van der Waals surface area contributed by atoms with E-state index in [0.717, 1.165) is 110 Å². The summed E-state index contributed by atoms with van der Waals surface area (Å²) in [5.74, 6) is 4.66. The van der Waals surface area contributed by atoms with Crippen molar-refractivity contribution in [1.82, 2.24) is 5.32 Å². The van der Waals surface area contributed by atoms with Crippen LogP contribution in [0.15, 0.2) is 212 Å². The van der Waals surface area contributed by atoms with Gasteiger partial charge in [0, 0.05) is 23.0 Å². The normalized spacial score (nSPS) is 21.0.